The van der Waals surface area contributed by atoms with Gasteiger partial charge in [-0.3, -0.25) is 9.59 Å². The molecular formula is C21H22N2O2S2. The first kappa shape index (κ1) is 18.3. The van der Waals surface area contributed by atoms with E-state index in [-0.39, 0.29) is 23.8 Å². The summed E-state index contributed by atoms with van der Waals surface area (Å²) in [5, 5.41) is 8.54. The molecule has 2 amide bonds. The van der Waals surface area contributed by atoms with Crippen LogP contribution in [0.3, 0.4) is 0 Å². The molecule has 1 saturated carbocycles. The second-order valence-electron chi connectivity index (χ2n) is 6.96. The smallest absolute Gasteiger partial charge is 0.257 e. The summed E-state index contributed by atoms with van der Waals surface area (Å²) in [7, 11) is 0. The van der Waals surface area contributed by atoms with Crippen LogP contribution in [0.2, 0.25) is 0 Å². The first-order valence-electron chi connectivity index (χ1n) is 9.23. The highest BCUT2D eigenvalue weighted by Crippen LogP contribution is 2.39. The maximum absolute atomic E-state index is 12.5. The molecular weight excluding hydrogens is 376 g/mol. The molecule has 4 nitrogen and oxygen atoms in total. The normalized spacial score (nSPS) is 26.3. The van der Waals surface area contributed by atoms with Crippen LogP contribution in [0.1, 0.15) is 29.7 Å². The molecule has 0 radical (unpaired) electrons. The van der Waals surface area contributed by atoms with Crippen LogP contribution in [0.15, 0.2) is 52.7 Å². The number of carbonyl (C=O) groups is 2. The van der Waals surface area contributed by atoms with Crippen molar-refractivity contribution in [3.05, 3.63) is 63.2 Å². The molecule has 1 aromatic heterocycles. The van der Waals surface area contributed by atoms with Crippen molar-refractivity contribution in [2.75, 3.05) is 0 Å². The SMILES string of the molecule is O=C1NC2CC(C(=O)NCc3cccs3)CCC2S/C1=C\c1ccccc1. The quantitative estimate of drug-likeness (QED) is 0.770. The molecule has 2 heterocycles. The van der Waals surface area contributed by atoms with Crippen molar-refractivity contribution in [3.8, 4) is 0 Å². The number of carbonyl (C=O) groups excluding carboxylic acids is 2. The Labute approximate surface area is 167 Å². The molecule has 140 valence electrons. The van der Waals surface area contributed by atoms with Crippen molar-refractivity contribution < 1.29 is 9.59 Å². The van der Waals surface area contributed by atoms with Crippen molar-refractivity contribution in [2.24, 2.45) is 5.92 Å². The Morgan fingerprint density at radius 3 is 2.81 bits per heavy atom. The average Bonchev–Trinajstić information content (AvgIpc) is 3.21. The Kier molecular flexibility index (Phi) is 5.64. The van der Waals surface area contributed by atoms with E-state index in [0.717, 1.165) is 34.6 Å². The second kappa shape index (κ2) is 8.31. The minimum absolute atomic E-state index is 0.0215. The Bertz CT molecular complexity index is 833. The maximum Gasteiger partial charge on any atom is 0.257 e. The number of hydrogen-bond acceptors (Lipinski definition) is 4. The topological polar surface area (TPSA) is 58.2 Å². The van der Waals surface area contributed by atoms with E-state index in [0.29, 0.717) is 11.8 Å². The van der Waals surface area contributed by atoms with E-state index in [9.17, 15) is 9.59 Å². The van der Waals surface area contributed by atoms with E-state index in [1.165, 1.54) is 0 Å². The van der Waals surface area contributed by atoms with Crippen molar-refractivity contribution in [3.63, 3.8) is 0 Å². The summed E-state index contributed by atoms with van der Waals surface area (Å²) >= 11 is 3.31. The molecule has 0 bridgehead atoms. The van der Waals surface area contributed by atoms with Crippen LogP contribution < -0.4 is 10.6 Å². The molecule has 27 heavy (non-hydrogen) atoms. The summed E-state index contributed by atoms with van der Waals surface area (Å²) in [4.78, 5) is 27.0. The number of hydrogen-bond donors (Lipinski definition) is 2. The lowest BCUT2D eigenvalue weighted by atomic mass is 9.84. The molecule has 2 N–H and O–H groups in total. The van der Waals surface area contributed by atoms with E-state index < -0.39 is 0 Å². The van der Waals surface area contributed by atoms with Gasteiger partial charge in [0.2, 0.25) is 5.91 Å². The molecule has 6 heteroatoms. The second-order valence-corrected chi connectivity index (χ2v) is 9.28. The Morgan fingerprint density at radius 2 is 2.04 bits per heavy atom. The number of nitrogens with one attached hydrogen (secondary N) is 2. The minimum Gasteiger partial charge on any atom is -0.351 e. The lowest BCUT2D eigenvalue weighted by molar-refractivity contribution is -0.127. The fourth-order valence-corrected chi connectivity index (χ4v) is 5.60. The fraction of sp³-hybridized carbons (Fsp3) is 0.333. The predicted octanol–water partition coefficient (Wildman–Crippen LogP) is 3.81. The molecule has 3 atom stereocenters. The lowest BCUT2D eigenvalue weighted by Crippen LogP contribution is -2.51. The predicted molar refractivity (Wildman–Crippen MR) is 111 cm³/mol. The van der Waals surface area contributed by atoms with Gasteiger partial charge in [-0.1, -0.05) is 36.4 Å². The lowest BCUT2D eigenvalue weighted by Gasteiger charge is -2.39. The molecule has 1 saturated heterocycles. The Balaban J connectivity index is 1.35. The van der Waals surface area contributed by atoms with Gasteiger partial charge in [0.1, 0.15) is 0 Å². The largest absolute Gasteiger partial charge is 0.351 e. The van der Waals surface area contributed by atoms with Crippen molar-refractivity contribution in [1.82, 2.24) is 10.6 Å². The summed E-state index contributed by atoms with van der Waals surface area (Å²) in [5.74, 6) is 0.0586. The molecule has 4 rings (SSSR count). The van der Waals surface area contributed by atoms with Gasteiger partial charge in [-0.25, -0.2) is 0 Å². The first-order chi connectivity index (χ1) is 13.2. The third kappa shape index (κ3) is 4.45. The van der Waals surface area contributed by atoms with Gasteiger partial charge in [-0.15, -0.1) is 23.1 Å². The summed E-state index contributed by atoms with van der Waals surface area (Å²) in [6.45, 7) is 0.589. The number of thioether (sulfide) groups is 1. The molecule has 1 aliphatic carbocycles. The van der Waals surface area contributed by atoms with Crippen LogP contribution in [0.25, 0.3) is 6.08 Å². The van der Waals surface area contributed by atoms with Crippen molar-refractivity contribution in [2.45, 2.75) is 37.1 Å². The number of benzene rings is 1. The van der Waals surface area contributed by atoms with E-state index >= 15 is 0 Å². The van der Waals surface area contributed by atoms with Crippen LogP contribution in [0.4, 0.5) is 0 Å². The molecule has 1 aliphatic heterocycles. The van der Waals surface area contributed by atoms with E-state index in [4.69, 9.17) is 0 Å². The average molecular weight is 399 g/mol. The third-order valence-electron chi connectivity index (χ3n) is 5.09. The van der Waals surface area contributed by atoms with Gasteiger partial charge >= 0.3 is 0 Å². The van der Waals surface area contributed by atoms with Crippen LogP contribution in [-0.2, 0) is 16.1 Å². The monoisotopic (exact) mass is 398 g/mol. The minimum atomic E-state index is -0.0234. The van der Waals surface area contributed by atoms with Gasteiger partial charge < -0.3 is 10.6 Å². The van der Waals surface area contributed by atoms with E-state index in [2.05, 4.69) is 10.6 Å². The highest BCUT2D eigenvalue weighted by molar-refractivity contribution is 8.04. The van der Waals surface area contributed by atoms with Gasteiger partial charge in [0, 0.05) is 22.1 Å². The molecule has 3 unspecified atom stereocenters. The highest BCUT2D eigenvalue weighted by Gasteiger charge is 2.39. The Hall–Kier alpha value is -2.05. The van der Waals surface area contributed by atoms with Gasteiger partial charge in [0.15, 0.2) is 0 Å². The Morgan fingerprint density at radius 1 is 1.19 bits per heavy atom. The summed E-state index contributed by atoms with van der Waals surface area (Å²) in [6, 6.07) is 14.0. The van der Waals surface area contributed by atoms with Crippen molar-refractivity contribution in [1.29, 1.82) is 0 Å². The zero-order valence-electron chi connectivity index (χ0n) is 14.9. The third-order valence-corrected chi connectivity index (χ3v) is 7.39. The van der Waals surface area contributed by atoms with Gasteiger partial charge in [-0.2, -0.15) is 0 Å². The van der Waals surface area contributed by atoms with Crippen LogP contribution >= 0.6 is 23.1 Å². The first-order valence-corrected chi connectivity index (χ1v) is 11.0. The van der Waals surface area contributed by atoms with Crippen molar-refractivity contribution >= 4 is 41.0 Å². The molecule has 1 aromatic carbocycles. The van der Waals surface area contributed by atoms with Gasteiger partial charge in [0.05, 0.1) is 11.4 Å². The fourth-order valence-electron chi connectivity index (χ4n) is 3.66. The number of thiophene rings is 1. The number of rotatable bonds is 4. The molecule has 2 fully saturated rings. The summed E-state index contributed by atoms with van der Waals surface area (Å²) in [6.07, 6.45) is 4.49. The van der Waals surface area contributed by atoms with Crippen LogP contribution in [-0.4, -0.2) is 23.1 Å². The highest BCUT2D eigenvalue weighted by atomic mass is 32.2. The van der Waals surface area contributed by atoms with Crippen LogP contribution in [0.5, 0.6) is 0 Å². The molecule has 0 spiro atoms. The summed E-state index contributed by atoms with van der Waals surface area (Å²) in [5.41, 5.74) is 1.04. The van der Waals surface area contributed by atoms with Gasteiger partial charge in [-0.05, 0) is 42.3 Å². The number of fused-ring (bicyclic) bond motifs is 1. The van der Waals surface area contributed by atoms with E-state index in [1.54, 1.807) is 23.1 Å². The summed E-state index contributed by atoms with van der Waals surface area (Å²) < 4.78 is 0. The zero-order chi connectivity index (χ0) is 18.6. The molecule has 2 aliphatic rings. The van der Waals surface area contributed by atoms with Crippen LogP contribution in [0, 0.1) is 5.92 Å². The van der Waals surface area contributed by atoms with E-state index in [1.807, 2.05) is 53.9 Å². The molecule has 2 aromatic rings. The zero-order valence-corrected chi connectivity index (χ0v) is 16.5. The maximum atomic E-state index is 12.5. The standard InChI is InChI=1S/C21H22N2O2S2/c24-20(22-13-16-7-4-10-26-16)15-8-9-18-17(12-15)23-21(25)19(27-18)11-14-5-2-1-3-6-14/h1-7,10-11,15,17-18H,8-9,12-13H2,(H,22,24)(H,23,25)/b19-11-. The number of amides is 2. The van der Waals surface area contributed by atoms with Gasteiger partial charge in [0.25, 0.3) is 5.91 Å².